The van der Waals surface area contributed by atoms with Crippen LogP contribution in [-0.4, -0.2) is 18.1 Å². The van der Waals surface area contributed by atoms with E-state index in [1.807, 2.05) is 42.5 Å². The van der Waals surface area contributed by atoms with Gasteiger partial charge in [-0.1, -0.05) is 42.5 Å². The average molecular weight is 344 g/mol. The molecule has 0 unspecified atom stereocenters. The third-order valence-corrected chi connectivity index (χ3v) is 3.92. The smallest absolute Gasteiger partial charge is 0.266 e. The second-order valence-corrected chi connectivity index (χ2v) is 5.58. The van der Waals surface area contributed by atoms with Gasteiger partial charge >= 0.3 is 0 Å². The van der Waals surface area contributed by atoms with Crippen molar-refractivity contribution >= 4 is 28.4 Å². The van der Waals surface area contributed by atoms with Crippen LogP contribution in [0.4, 0.5) is 5.69 Å². The maximum Gasteiger partial charge on any atom is 0.266 e. The van der Waals surface area contributed by atoms with Crippen LogP contribution in [0.1, 0.15) is 5.56 Å². The van der Waals surface area contributed by atoms with Crippen molar-refractivity contribution in [3.63, 3.8) is 0 Å². The molecule has 0 aliphatic heterocycles. The average Bonchev–Trinajstić information content (AvgIpc) is 2.67. The number of phenolic OH excluding ortho intramolecular Hbond substituents is 1. The minimum absolute atomic E-state index is 0.0108. The van der Waals surface area contributed by atoms with Gasteiger partial charge < -0.3 is 15.2 Å². The van der Waals surface area contributed by atoms with E-state index in [2.05, 4.69) is 5.32 Å². The van der Waals surface area contributed by atoms with Gasteiger partial charge in [-0.3, -0.25) is 4.79 Å². The maximum atomic E-state index is 12.5. The molecule has 0 radical (unpaired) electrons. The summed E-state index contributed by atoms with van der Waals surface area (Å²) in [5, 5.41) is 23.7. The summed E-state index contributed by atoms with van der Waals surface area (Å²) in [5.41, 5.74) is 1.16. The summed E-state index contributed by atoms with van der Waals surface area (Å²) >= 11 is 0. The SMILES string of the molecule is COc1cc(C=C(C#N)C(=O)Nc2cccc3ccccc23)ccc1O. The monoisotopic (exact) mass is 344 g/mol. The van der Waals surface area contributed by atoms with Crippen LogP contribution < -0.4 is 10.1 Å². The van der Waals surface area contributed by atoms with Gasteiger partial charge in [0.15, 0.2) is 11.5 Å². The number of hydrogen-bond donors (Lipinski definition) is 2. The van der Waals surface area contributed by atoms with Gasteiger partial charge in [-0.25, -0.2) is 0 Å². The molecule has 0 atom stereocenters. The third-order valence-electron chi connectivity index (χ3n) is 3.92. The summed E-state index contributed by atoms with van der Waals surface area (Å²) in [7, 11) is 1.43. The van der Waals surface area contributed by atoms with E-state index in [-0.39, 0.29) is 17.1 Å². The normalized spacial score (nSPS) is 11.0. The molecule has 0 aliphatic rings. The molecule has 2 N–H and O–H groups in total. The fourth-order valence-electron chi connectivity index (χ4n) is 2.62. The molecule has 0 spiro atoms. The molecule has 3 aromatic rings. The Kier molecular flexibility index (Phi) is 4.86. The Morgan fingerprint density at radius 2 is 1.92 bits per heavy atom. The predicted molar refractivity (Wildman–Crippen MR) is 101 cm³/mol. The Morgan fingerprint density at radius 1 is 1.15 bits per heavy atom. The number of benzene rings is 3. The number of nitriles is 1. The number of methoxy groups -OCH3 is 1. The highest BCUT2D eigenvalue weighted by Gasteiger charge is 2.12. The number of fused-ring (bicyclic) bond motifs is 1. The number of nitrogens with one attached hydrogen (secondary N) is 1. The molecule has 0 aromatic heterocycles. The quantitative estimate of drug-likeness (QED) is 0.551. The van der Waals surface area contributed by atoms with E-state index in [0.29, 0.717) is 11.3 Å². The lowest BCUT2D eigenvalue weighted by atomic mass is 10.1. The van der Waals surface area contributed by atoms with E-state index in [0.717, 1.165) is 10.8 Å². The largest absolute Gasteiger partial charge is 0.504 e. The number of carbonyl (C=O) groups excluding carboxylic acids is 1. The third kappa shape index (κ3) is 3.50. The molecule has 0 saturated heterocycles. The number of carbonyl (C=O) groups is 1. The van der Waals surface area contributed by atoms with Crippen molar-refractivity contribution in [2.24, 2.45) is 0 Å². The Hall–Kier alpha value is -3.78. The molecule has 3 rings (SSSR count). The second kappa shape index (κ2) is 7.41. The molecule has 128 valence electrons. The molecule has 0 saturated carbocycles. The van der Waals surface area contributed by atoms with E-state index in [1.54, 1.807) is 18.2 Å². The molecule has 3 aromatic carbocycles. The van der Waals surface area contributed by atoms with Crippen LogP contribution in [0.5, 0.6) is 11.5 Å². The van der Waals surface area contributed by atoms with Crippen LogP contribution in [0.25, 0.3) is 16.8 Å². The number of nitrogens with zero attached hydrogens (tertiary/aromatic N) is 1. The summed E-state index contributed by atoms with van der Waals surface area (Å²) in [4.78, 5) is 12.5. The summed E-state index contributed by atoms with van der Waals surface area (Å²) in [6.45, 7) is 0. The van der Waals surface area contributed by atoms with Gasteiger partial charge in [-0.15, -0.1) is 0 Å². The number of amides is 1. The first-order chi connectivity index (χ1) is 12.6. The lowest BCUT2D eigenvalue weighted by molar-refractivity contribution is -0.112. The first-order valence-electron chi connectivity index (χ1n) is 7.90. The summed E-state index contributed by atoms with van der Waals surface area (Å²) < 4.78 is 5.04. The molecule has 5 heteroatoms. The zero-order valence-corrected chi connectivity index (χ0v) is 14.1. The number of ether oxygens (including phenoxy) is 1. The van der Waals surface area contributed by atoms with Crippen molar-refractivity contribution in [3.05, 3.63) is 71.8 Å². The standard InChI is InChI=1S/C21H16N2O3/c1-26-20-12-14(9-10-19(20)24)11-16(13-22)21(25)23-18-8-4-6-15-5-2-3-7-17(15)18/h2-12,24H,1H3,(H,23,25). The number of anilines is 1. The molecular formula is C21H16N2O3. The topological polar surface area (TPSA) is 82.3 Å². The van der Waals surface area contributed by atoms with E-state index >= 15 is 0 Å². The molecule has 1 amide bonds. The fraction of sp³-hybridized carbons (Fsp3) is 0.0476. The van der Waals surface area contributed by atoms with Gasteiger partial charge in [-0.2, -0.15) is 5.26 Å². The Balaban J connectivity index is 1.91. The van der Waals surface area contributed by atoms with Crippen LogP contribution in [0, 0.1) is 11.3 Å². The van der Waals surface area contributed by atoms with Gasteiger partial charge in [-0.05, 0) is 35.2 Å². The van der Waals surface area contributed by atoms with E-state index in [1.165, 1.54) is 19.3 Å². The molecule has 26 heavy (non-hydrogen) atoms. The zero-order chi connectivity index (χ0) is 18.5. The van der Waals surface area contributed by atoms with Crippen LogP contribution in [-0.2, 0) is 4.79 Å². The van der Waals surface area contributed by atoms with Crippen LogP contribution >= 0.6 is 0 Å². The van der Waals surface area contributed by atoms with E-state index in [9.17, 15) is 15.2 Å². The zero-order valence-electron chi connectivity index (χ0n) is 14.1. The predicted octanol–water partition coefficient (Wildman–Crippen LogP) is 4.10. The Morgan fingerprint density at radius 3 is 2.69 bits per heavy atom. The summed E-state index contributed by atoms with van der Waals surface area (Å²) in [5.74, 6) is -0.246. The molecule has 5 nitrogen and oxygen atoms in total. The molecular weight excluding hydrogens is 328 g/mol. The summed E-state index contributed by atoms with van der Waals surface area (Å²) in [6.07, 6.45) is 1.45. The first-order valence-corrected chi connectivity index (χ1v) is 7.90. The number of rotatable bonds is 4. The lowest BCUT2D eigenvalue weighted by Gasteiger charge is -2.08. The highest BCUT2D eigenvalue weighted by Crippen LogP contribution is 2.28. The molecule has 0 aliphatic carbocycles. The maximum absolute atomic E-state index is 12.5. The highest BCUT2D eigenvalue weighted by atomic mass is 16.5. The lowest BCUT2D eigenvalue weighted by Crippen LogP contribution is -2.13. The number of hydrogen-bond acceptors (Lipinski definition) is 4. The van der Waals surface area contributed by atoms with Crippen molar-refractivity contribution in [2.45, 2.75) is 0 Å². The number of aromatic hydroxyl groups is 1. The highest BCUT2D eigenvalue weighted by molar-refractivity contribution is 6.12. The van der Waals surface area contributed by atoms with Crippen molar-refractivity contribution in [3.8, 4) is 17.6 Å². The molecule has 0 heterocycles. The van der Waals surface area contributed by atoms with Crippen LogP contribution in [0.15, 0.2) is 66.2 Å². The van der Waals surface area contributed by atoms with Gasteiger partial charge in [0.05, 0.1) is 7.11 Å². The fourth-order valence-corrected chi connectivity index (χ4v) is 2.62. The molecule has 0 bridgehead atoms. The van der Waals surface area contributed by atoms with Gasteiger partial charge in [0.2, 0.25) is 0 Å². The Bertz CT molecular complexity index is 1040. The van der Waals surface area contributed by atoms with Gasteiger partial charge in [0.1, 0.15) is 11.6 Å². The van der Waals surface area contributed by atoms with Crippen LogP contribution in [0.3, 0.4) is 0 Å². The number of phenols is 1. The Labute approximate surface area is 150 Å². The van der Waals surface area contributed by atoms with Gasteiger partial charge in [0, 0.05) is 11.1 Å². The van der Waals surface area contributed by atoms with Gasteiger partial charge in [0.25, 0.3) is 5.91 Å². The minimum Gasteiger partial charge on any atom is -0.504 e. The van der Waals surface area contributed by atoms with Crippen molar-refractivity contribution in [2.75, 3.05) is 12.4 Å². The second-order valence-electron chi connectivity index (χ2n) is 5.58. The van der Waals surface area contributed by atoms with E-state index < -0.39 is 5.91 Å². The first kappa shape index (κ1) is 17.1. The van der Waals surface area contributed by atoms with E-state index in [4.69, 9.17) is 4.74 Å². The van der Waals surface area contributed by atoms with Crippen molar-refractivity contribution < 1.29 is 14.6 Å². The van der Waals surface area contributed by atoms with Crippen molar-refractivity contribution in [1.82, 2.24) is 0 Å². The van der Waals surface area contributed by atoms with Crippen molar-refractivity contribution in [1.29, 1.82) is 5.26 Å². The summed E-state index contributed by atoms with van der Waals surface area (Å²) in [6, 6.07) is 19.8. The minimum atomic E-state index is -0.504. The molecule has 0 fully saturated rings. The van der Waals surface area contributed by atoms with Crippen LogP contribution in [0.2, 0.25) is 0 Å².